The number of nitrogens with two attached hydrogens (primary N) is 1. The van der Waals surface area contributed by atoms with Gasteiger partial charge in [0, 0.05) is 82.1 Å². The van der Waals surface area contributed by atoms with Crippen molar-refractivity contribution in [3.8, 4) is 11.4 Å². The first kappa shape index (κ1) is 30.3. The number of aromatic amines is 1. The van der Waals surface area contributed by atoms with E-state index in [-0.39, 0.29) is 11.7 Å². The van der Waals surface area contributed by atoms with E-state index in [9.17, 15) is 4.79 Å². The summed E-state index contributed by atoms with van der Waals surface area (Å²) in [5.41, 5.74) is 10.5. The fourth-order valence-corrected chi connectivity index (χ4v) is 6.58. The molecule has 3 aliphatic heterocycles. The average molecular weight is 603 g/mol. The predicted octanol–water partition coefficient (Wildman–Crippen LogP) is 3.64. The molecule has 3 aromatic rings. The fraction of sp³-hybridized carbons (Fsp3) is 0.562. The number of nitrogens with one attached hydrogen (secondary N) is 3. The number of likely N-dealkylation sites (N-methyl/N-ethyl adjacent to an activating group) is 1. The Bertz CT molecular complexity index is 1410. The third-order valence-corrected chi connectivity index (χ3v) is 9.22. The number of primary amides is 1. The number of rotatable bonds is 9. The molecule has 0 saturated carbocycles. The summed E-state index contributed by atoms with van der Waals surface area (Å²) in [5, 5.41) is 13.9. The highest BCUT2D eigenvalue weighted by molar-refractivity contribution is 5.97. The molecular weight excluding hydrogens is 556 g/mol. The monoisotopic (exact) mass is 602 g/mol. The van der Waals surface area contributed by atoms with Crippen LogP contribution in [0.5, 0.6) is 0 Å². The van der Waals surface area contributed by atoms with Crippen LogP contribution in [0, 0.1) is 0 Å². The number of benzene rings is 1. The van der Waals surface area contributed by atoms with Gasteiger partial charge in [-0.05, 0) is 68.5 Å². The number of ether oxygens (including phenoxy) is 1. The summed E-state index contributed by atoms with van der Waals surface area (Å²) in [6, 6.07) is 9.09. The van der Waals surface area contributed by atoms with Crippen molar-refractivity contribution >= 4 is 28.9 Å². The topological polar surface area (TPSA) is 141 Å². The number of H-pyrrole nitrogens is 1. The van der Waals surface area contributed by atoms with Crippen LogP contribution in [0.15, 0.2) is 30.5 Å². The molecule has 3 fully saturated rings. The largest absolute Gasteiger partial charge is 0.381 e. The maximum atomic E-state index is 12.6. The van der Waals surface area contributed by atoms with Gasteiger partial charge in [-0.25, -0.2) is 9.97 Å². The van der Waals surface area contributed by atoms with Gasteiger partial charge >= 0.3 is 0 Å². The highest BCUT2D eigenvalue weighted by atomic mass is 16.5. The lowest BCUT2D eigenvalue weighted by Gasteiger charge is -2.43. The van der Waals surface area contributed by atoms with Gasteiger partial charge in [0.1, 0.15) is 5.69 Å². The number of carbonyl (C=O) groups is 1. The number of nitrogens with zero attached hydrogens (tertiary/aromatic N) is 6. The van der Waals surface area contributed by atoms with Crippen LogP contribution in [0.3, 0.4) is 0 Å². The van der Waals surface area contributed by atoms with Crippen LogP contribution in [-0.2, 0) is 4.74 Å². The highest BCUT2D eigenvalue weighted by Crippen LogP contribution is 2.35. The van der Waals surface area contributed by atoms with Crippen molar-refractivity contribution in [3.05, 3.63) is 41.7 Å². The van der Waals surface area contributed by atoms with Crippen molar-refractivity contribution < 1.29 is 9.53 Å². The lowest BCUT2D eigenvalue weighted by atomic mass is 9.96. The average Bonchev–Trinajstić information content (AvgIpc) is 3.57. The molecular formula is C32H46N10O2. The maximum absolute atomic E-state index is 12.6. The second-order valence-electron chi connectivity index (χ2n) is 12.6. The molecule has 3 saturated heterocycles. The van der Waals surface area contributed by atoms with Gasteiger partial charge in [0.15, 0.2) is 17.3 Å². The van der Waals surface area contributed by atoms with Crippen LogP contribution in [0.2, 0.25) is 0 Å². The van der Waals surface area contributed by atoms with Crippen LogP contribution in [0.25, 0.3) is 11.4 Å². The van der Waals surface area contributed by atoms with E-state index in [0.29, 0.717) is 48.2 Å². The van der Waals surface area contributed by atoms with Crippen molar-refractivity contribution in [2.45, 2.75) is 57.5 Å². The Morgan fingerprint density at radius 3 is 2.41 bits per heavy atom. The Balaban J connectivity index is 1.24. The molecule has 0 unspecified atom stereocenters. The summed E-state index contributed by atoms with van der Waals surface area (Å²) in [6.07, 6.45) is 5.73. The summed E-state index contributed by atoms with van der Waals surface area (Å²) in [5.74, 6) is 0.558. The maximum Gasteiger partial charge on any atom is 0.271 e. The molecule has 0 spiro atoms. The molecule has 3 aliphatic rings. The van der Waals surface area contributed by atoms with E-state index in [2.05, 4.69) is 74.6 Å². The van der Waals surface area contributed by atoms with Crippen LogP contribution in [0.1, 0.15) is 61.5 Å². The van der Waals surface area contributed by atoms with Crippen LogP contribution in [-0.4, -0.2) is 107 Å². The van der Waals surface area contributed by atoms with Crippen LogP contribution in [0.4, 0.5) is 23.0 Å². The van der Waals surface area contributed by atoms with Gasteiger partial charge in [0.05, 0.1) is 5.69 Å². The van der Waals surface area contributed by atoms with E-state index in [1.807, 2.05) is 0 Å². The van der Waals surface area contributed by atoms with Gasteiger partial charge in [-0.3, -0.25) is 14.8 Å². The Kier molecular flexibility index (Phi) is 9.29. The molecule has 0 bridgehead atoms. The minimum absolute atomic E-state index is 0.0771. The molecule has 5 heterocycles. The van der Waals surface area contributed by atoms with Crippen molar-refractivity contribution in [1.29, 1.82) is 0 Å². The van der Waals surface area contributed by atoms with Gasteiger partial charge in [-0.2, -0.15) is 5.10 Å². The number of carbonyl (C=O) groups excluding carboxylic acids is 1. The Hall–Kier alpha value is -3.74. The standard InChI is InChI=1S/C32H46N10O2/c1-21(2)25-20-23(4-5-27(25)42-12-7-24(8-13-42)41-16-14-40(3)15-17-41)36-32-29(30(33)43)37-28(26-6-11-34-39-26)31(38-32)35-22-9-18-44-19-10-22/h4-6,11,20-22,24H,7-10,12-19H2,1-3H3,(H2,33,43)(H,34,39)(H2,35,36,38). The lowest BCUT2D eigenvalue weighted by molar-refractivity contribution is 0.0904. The van der Waals surface area contributed by atoms with E-state index in [4.69, 9.17) is 20.4 Å². The molecule has 0 atom stereocenters. The molecule has 0 radical (unpaired) electrons. The molecule has 1 aromatic carbocycles. The zero-order chi connectivity index (χ0) is 30.6. The van der Waals surface area contributed by atoms with Crippen molar-refractivity contribution in [2.24, 2.45) is 5.73 Å². The molecule has 12 nitrogen and oxygen atoms in total. The molecule has 1 amide bonds. The molecule has 5 N–H and O–H groups in total. The third-order valence-electron chi connectivity index (χ3n) is 9.22. The Labute approximate surface area is 259 Å². The van der Waals surface area contributed by atoms with Gasteiger partial charge in [-0.15, -0.1) is 0 Å². The van der Waals surface area contributed by atoms with Crippen LogP contribution < -0.4 is 21.3 Å². The molecule has 236 valence electrons. The van der Waals surface area contributed by atoms with E-state index >= 15 is 0 Å². The van der Waals surface area contributed by atoms with Crippen molar-refractivity contribution in [1.82, 2.24) is 30.0 Å². The quantitative estimate of drug-likeness (QED) is 0.287. The van der Waals surface area contributed by atoms with Gasteiger partial charge in [0.25, 0.3) is 5.91 Å². The first-order valence-electron chi connectivity index (χ1n) is 16.0. The van der Waals surface area contributed by atoms with Gasteiger partial charge in [0.2, 0.25) is 0 Å². The fourth-order valence-electron chi connectivity index (χ4n) is 6.58. The smallest absolute Gasteiger partial charge is 0.271 e. The summed E-state index contributed by atoms with van der Waals surface area (Å²) in [6.45, 7) is 12.6. The minimum atomic E-state index is -0.651. The zero-order valence-electron chi connectivity index (χ0n) is 26.2. The number of hydrogen-bond acceptors (Lipinski definition) is 10. The molecule has 12 heteroatoms. The predicted molar refractivity (Wildman–Crippen MR) is 174 cm³/mol. The number of aromatic nitrogens is 4. The minimum Gasteiger partial charge on any atom is -0.381 e. The number of piperazine rings is 1. The summed E-state index contributed by atoms with van der Waals surface area (Å²) < 4.78 is 5.54. The molecule has 6 rings (SSSR count). The van der Waals surface area contributed by atoms with E-state index < -0.39 is 5.91 Å². The summed E-state index contributed by atoms with van der Waals surface area (Å²) in [7, 11) is 2.21. The van der Waals surface area contributed by atoms with E-state index in [1.54, 1.807) is 12.3 Å². The normalized spacial score (nSPS) is 19.4. The molecule has 2 aromatic heterocycles. The van der Waals surface area contributed by atoms with Gasteiger partial charge in [-0.1, -0.05) is 13.8 Å². The first-order valence-corrected chi connectivity index (χ1v) is 16.0. The van der Waals surface area contributed by atoms with Crippen molar-refractivity contribution in [3.63, 3.8) is 0 Å². The highest BCUT2D eigenvalue weighted by Gasteiger charge is 2.28. The summed E-state index contributed by atoms with van der Waals surface area (Å²) in [4.78, 5) is 29.9. The second-order valence-corrected chi connectivity index (χ2v) is 12.6. The number of amides is 1. The van der Waals surface area contributed by atoms with E-state index in [0.717, 1.165) is 44.7 Å². The number of anilines is 4. The second kappa shape index (κ2) is 13.5. The third kappa shape index (κ3) is 6.82. The SMILES string of the molecule is CC(C)c1cc(Nc2nc(NC3CCOCC3)c(-c3ccn[nH]3)nc2C(N)=O)ccc1N1CCC(N2CCN(C)CC2)CC1. The van der Waals surface area contributed by atoms with E-state index in [1.165, 1.54) is 37.2 Å². The van der Waals surface area contributed by atoms with Crippen molar-refractivity contribution in [2.75, 3.05) is 75.1 Å². The number of piperidine rings is 1. The van der Waals surface area contributed by atoms with Gasteiger partial charge < -0.3 is 30.9 Å². The Morgan fingerprint density at radius 1 is 1.00 bits per heavy atom. The Morgan fingerprint density at radius 2 is 1.75 bits per heavy atom. The lowest BCUT2D eigenvalue weighted by Crippen LogP contribution is -2.52. The molecule has 44 heavy (non-hydrogen) atoms. The summed E-state index contributed by atoms with van der Waals surface area (Å²) >= 11 is 0. The first-order chi connectivity index (χ1) is 21.4. The number of hydrogen-bond donors (Lipinski definition) is 4. The zero-order valence-corrected chi connectivity index (χ0v) is 26.2. The van der Waals surface area contributed by atoms with Crippen LogP contribution >= 0.6 is 0 Å². The molecule has 0 aliphatic carbocycles.